The van der Waals surface area contributed by atoms with Crippen molar-refractivity contribution in [3.8, 4) is 17.2 Å². The Morgan fingerprint density at radius 2 is 1.89 bits per heavy atom. The lowest BCUT2D eigenvalue weighted by Gasteiger charge is -2.32. The highest BCUT2D eigenvalue weighted by atomic mass is 32.2. The highest BCUT2D eigenvalue weighted by Crippen LogP contribution is 2.35. The van der Waals surface area contributed by atoms with E-state index in [1.54, 1.807) is 54.5 Å². The van der Waals surface area contributed by atoms with E-state index < -0.39 is 17.1 Å². The van der Waals surface area contributed by atoms with Crippen molar-refractivity contribution in [2.45, 2.75) is 18.2 Å². The lowest BCUT2D eigenvalue weighted by Crippen LogP contribution is -2.44. The number of aliphatic imine (C=N–C) groups is 1. The van der Waals surface area contributed by atoms with Crippen LogP contribution >= 0.6 is 11.8 Å². The SMILES string of the molecule is COc1ccc(N=C2SC(C(=O)Nc3cccc(C(=O)O)c3)CC(=O)N2Cc2ccc3c(c2)OCO3)cc1. The highest BCUT2D eigenvalue weighted by molar-refractivity contribution is 8.15. The summed E-state index contributed by atoms with van der Waals surface area (Å²) in [7, 11) is 1.57. The number of aromatic carboxylic acids is 1. The Labute approximate surface area is 222 Å². The van der Waals surface area contributed by atoms with Gasteiger partial charge in [0.1, 0.15) is 11.0 Å². The zero-order valence-electron chi connectivity index (χ0n) is 20.2. The van der Waals surface area contributed by atoms with Gasteiger partial charge in [0.15, 0.2) is 16.7 Å². The number of carboxylic acids is 1. The summed E-state index contributed by atoms with van der Waals surface area (Å²) < 4.78 is 16.1. The number of thioether (sulfide) groups is 1. The van der Waals surface area contributed by atoms with Crippen LogP contribution in [-0.4, -0.2) is 52.1 Å². The molecule has 38 heavy (non-hydrogen) atoms. The lowest BCUT2D eigenvalue weighted by molar-refractivity contribution is -0.129. The molecule has 2 aliphatic heterocycles. The van der Waals surface area contributed by atoms with Gasteiger partial charge in [-0.25, -0.2) is 9.79 Å². The summed E-state index contributed by atoms with van der Waals surface area (Å²) in [4.78, 5) is 44.0. The standard InChI is InChI=1S/C27H23N3O7S/c1-35-20-8-6-18(7-9-20)29-27-30(14-16-5-10-21-22(11-16)37-15-36-21)24(31)13-23(38-27)25(32)28-19-4-2-3-17(12-19)26(33)34/h2-12,23H,13-15H2,1H3,(H,28,32)(H,33,34). The molecule has 1 unspecified atom stereocenters. The Morgan fingerprint density at radius 1 is 1.11 bits per heavy atom. The molecule has 2 N–H and O–H groups in total. The second kappa shape index (κ2) is 10.9. The first-order valence-electron chi connectivity index (χ1n) is 11.6. The van der Waals surface area contributed by atoms with Crippen molar-refractivity contribution in [2.75, 3.05) is 19.2 Å². The van der Waals surface area contributed by atoms with Gasteiger partial charge < -0.3 is 24.6 Å². The first-order chi connectivity index (χ1) is 18.4. The van der Waals surface area contributed by atoms with Crippen LogP contribution in [0, 0.1) is 0 Å². The Kier molecular flexibility index (Phi) is 7.18. The minimum Gasteiger partial charge on any atom is -0.497 e. The molecule has 0 bridgehead atoms. The van der Waals surface area contributed by atoms with Crippen LogP contribution in [0.15, 0.2) is 71.7 Å². The maximum absolute atomic E-state index is 13.3. The monoisotopic (exact) mass is 533 g/mol. The number of amides is 2. The molecule has 3 aromatic carbocycles. The molecule has 0 spiro atoms. The molecule has 0 aromatic heterocycles. The van der Waals surface area contributed by atoms with E-state index in [0.29, 0.717) is 33.8 Å². The maximum atomic E-state index is 13.3. The molecule has 194 valence electrons. The van der Waals surface area contributed by atoms with Gasteiger partial charge in [0, 0.05) is 12.1 Å². The molecule has 1 saturated heterocycles. The third kappa shape index (κ3) is 5.57. The summed E-state index contributed by atoms with van der Waals surface area (Å²) in [6.45, 7) is 0.375. The van der Waals surface area contributed by atoms with E-state index in [9.17, 15) is 19.5 Å². The summed E-state index contributed by atoms with van der Waals surface area (Å²) in [5, 5.41) is 11.6. The first-order valence-corrected chi connectivity index (χ1v) is 12.5. The summed E-state index contributed by atoms with van der Waals surface area (Å²) >= 11 is 1.17. The molecule has 1 atom stereocenters. The second-order valence-electron chi connectivity index (χ2n) is 8.45. The number of nitrogens with one attached hydrogen (secondary N) is 1. The van der Waals surface area contributed by atoms with Crippen LogP contribution in [0.1, 0.15) is 22.3 Å². The number of nitrogens with zero attached hydrogens (tertiary/aromatic N) is 2. The molecule has 10 nitrogen and oxygen atoms in total. The average molecular weight is 534 g/mol. The molecule has 2 aliphatic rings. The van der Waals surface area contributed by atoms with Gasteiger partial charge in [0.05, 0.1) is 24.9 Å². The Balaban J connectivity index is 1.40. The largest absolute Gasteiger partial charge is 0.497 e. The van der Waals surface area contributed by atoms with E-state index in [1.165, 1.54) is 23.9 Å². The number of anilines is 1. The van der Waals surface area contributed by atoms with E-state index in [1.807, 2.05) is 12.1 Å². The molecule has 0 aliphatic carbocycles. The van der Waals surface area contributed by atoms with Crippen LogP contribution in [0.2, 0.25) is 0 Å². The molecule has 2 amide bonds. The Hall–Kier alpha value is -4.51. The van der Waals surface area contributed by atoms with Crippen LogP contribution < -0.4 is 19.5 Å². The van der Waals surface area contributed by atoms with Gasteiger partial charge in [0.25, 0.3) is 0 Å². The maximum Gasteiger partial charge on any atom is 0.335 e. The number of ether oxygens (including phenoxy) is 3. The Bertz CT molecular complexity index is 1420. The van der Waals surface area contributed by atoms with Gasteiger partial charge in [-0.2, -0.15) is 0 Å². The fourth-order valence-electron chi connectivity index (χ4n) is 3.94. The first kappa shape index (κ1) is 25.2. The quantitative estimate of drug-likeness (QED) is 0.461. The smallest absolute Gasteiger partial charge is 0.335 e. The molecular formula is C27H23N3O7S. The minimum atomic E-state index is -1.10. The topological polar surface area (TPSA) is 127 Å². The average Bonchev–Trinajstić information content (AvgIpc) is 3.39. The summed E-state index contributed by atoms with van der Waals surface area (Å²) in [6, 6.07) is 18.4. The zero-order chi connectivity index (χ0) is 26.6. The fraction of sp³-hybridized carbons (Fsp3) is 0.185. The van der Waals surface area contributed by atoms with E-state index >= 15 is 0 Å². The molecule has 11 heteroatoms. The molecule has 2 heterocycles. The summed E-state index contributed by atoms with van der Waals surface area (Å²) in [5.41, 5.74) is 1.79. The van der Waals surface area contributed by atoms with Crippen LogP contribution in [0.25, 0.3) is 0 Å². The van der Waals surface area contributed by atoms with Crippen LogP contribution in [0.3, 0.4) is 0 Å². The number of carbonyl (C=O) groups excluding carboxylic acids is 2. The van der Waals surface area contributed by atoms with Gasteiger partial charge in [0.2, 0.25) is 18.6 Å². The van der Waals surface area contributed by atoms with Crippen molar-refractivity contribution in [3.63, 3.8) is 0 Å². The number of benzene rings is 3. The van der Waals surface area contributed by atoms with Gasteiger partial charge in [-0.05, 0) is 60.2 Å². The molecular weight excluding hydrogens is 510 g/mol. The van der Waals surface area contributed by atoms with Crippen molar-refractivity contribution in [3.05, 3.63) is 77.9 Å². The van der Waals surface area contributed by atoms with Crippen LogP contribution in [0.5, 0.6) is 17.2 Å². The van der Waals surface area contributed by atoms with Crippen molar-refractivity contribution in [2.24, 2.45) is 4.99 Å². The summed E-state index contributed by atoms with van der Waals surface area (Å²) in [6.07, 6.45) is -0.0543. The number of hydrogen-bond donors (Lipinski definition) is 2. The number of amidine groups is 1. The fourth-order valence-corrected chi connectivity index (χ4v) is 5.04. The number of fused-ring (bicyclic) bond motifs is 1. The van der Waals surface area contributed by atoms with E-state index in [4.69, 9.17) is 14.2 Å². The van der Waals surface area contributed by atoms with E-state index in [0.717, 1.165) is 5.56 Å². The van der Waals surface area contributed by atoms with Gasteiger partial charge >= 0.3 is 5.97 Å². The van der Waals surface area contributed by atoms with Crippen LogP contribution in [0.4, 0.5) is 11.4 Å². The number of carboxylic acid groups (broad SMARTS) is 1. The summed E-state index contributed by atoms with van der Waals surface area (Å²) in [5.74, 6) is 0.123. The highest BCUT2D eigenvalue weighted by Gasteiger charge is 2.36. The van der Waals surface area contributed by atoms with Gasteiger partial charge in [-0.3, -0.25) is 14.5 Å². The molecule has 5 rings (SSSR count). The van der Waals surface area contributed by atoms with Gasteiger partial charge in [-0.15, -0.1) is 0 Å². The molecule has 0 saturated carbocycles. The molecule has 0 radical (unpaired) electrons. The van der Waals surface area contributed by atoms with Crippen molar-refractivity contribution >= 4 is 46.1 Å². The number of rotatable bonds is 7. The minimum absolute atomic E-state index is 0.0480. The lowest BCUT2D eigenvalue weighted by atomic mass is 10.1. The normalized spacial score (nSPS) is 17.4. The number of carbonyl (C=O) groups is 3. The number of methoxy groups -OCH3 is 1. The third-order valence-corrected chi connectivity index (χ3v) is 7.07. The third-order valence-electron chi connectivity index (χ3n) is 5.88. The van der Waals surface area contributed by atoms with Crippen molar-refractivity contribution in [1.82, 2.24) is 4.90 Å². The predicted molar refractivity (Wildman–Crippen MR) is 141 cm³/mol. The van der Waals surface area contributed by atoms with Crippen molar-refractivity contribution < 1.29 is 33.7 Å². The van der Waals surface area contributed by atoms with Gasteiger partial charge in [-0.1, -0.05) is 23.9 Å². The van der Waals surface area contributed by atoms with Crippen molar-refractivity contribution in [1.29, 1.82) is 0 Å². The van der Waals surface area contributed by atoms with E-state index in [2.05, 4.69) is 10.3 Å². The Morgan fingerprint density at radius 3 is 2.66 bits per heavy atom. The second-order valence-corrected chi connectivity index (χ2v) is 9.62. The molecule has 1 fully saturated rings. The number of hydrogen-bond acceptors (Lipinski definition) is 8. The van der Waals surface area contributed by atoms with E-state index in [-0.39, 0.29) is 31.2 Å². The molecule has 3 aromatic rings. The zero-order valence-corrected chi connectivity index (χ0v) is 21.1. The van der Waals surface area contributed by atoms with Crippen LogP contribution in [-0.2, 0) is 16.1 Å². The predicted octanol–water partition coefficient (Wildman–Crippen LogP) is 4.28.